The number of hydrogen-bond donors (Lipinski definition) is 1. The standard InChI is InChI=1S/C16H24N4O/c1-2-13-10-15(18-11-17-13)20-8-6-12(7-9-20)16(21)19-14-4-3-5-14/h10-12,14H,2-9H2,1H3,(H,19,21). The van der Waals surface area contributed by atoms with Crippen LogP contribution in [-0.2, 0) is 11.2 Å². The van der Waals surface area contributed by atoms with Gasteiger partial charge in [0.15, 0.2) is 0 Å². The summed E-state index contributed by atoms with van der Waals surface area (Å²) in [6.07, 6.45) is 7.99. The number of aromatic nitrogens is 2. The lowest BCUT2D eigenvalue weighted by atomic mass is 9.90. The van der Waals surface area contributed by atoms with Gasteiger partial charge in [0.25, 0.3) is 0 Å². The van der Waals surface area contributed by atoms with Gasteiger partial charge in [0.2, 0.25) is 5.91 Å². The summed E-state index contributed by atoms with van der Waals surface area (Å²) in [6.45, 7) is 3.91. The minimum Gasteiger partial charge on any atom is -0.356 e. The molecule has 0 atom stereocenters. The second-order valence-corrected chi connectivity index (χ2v) is 6.12. The highest BCUT2D eigenvalue weighted by molar-refractivity contribution is 5.79. The van der Waals surface area contributed by atoms with E-state index in [-0.39, 0.29) is 11.8 Å². The summed E-state index contributed by atoms with van der Waals surface area (Å²) in [7, 11) is 0. The van der Waals surface area contributed by atoms with Gasteiger partial charge in [-0.3, -0.25) is 4.79 Å². The average Bonchev–Trinajstić information content (AvgIpc) is 2.51. The highest BCUT2D eigenvalue weighted by Gasteiger charge is 2.28. The summed E-state index contributed by atoms with van der Waals surface area (Å²) in [6, 6.07) is 2.51. The smallest absolute Gasteiger partial charge is 0.223 e. The van der Waals surface area contributed by atoms with Gasteiger partial charge < -0.3 is 10.2 Å². The summed E-state index contributed by atoms with van der Waals surface area (Å²) in [5.41, 5.74) is 1.07. The molecule has 0 aromatic carbocycles. The monoisotopic (exact) mass is 288 g/mol. The van der Waals surface area contributed by atoms with Gasteiger partial charge in [-0.1, -0.05) is 6.92 Å². The van der Waals surface area contributed by atoms with E-state index in [4.69, 9.17) is 0 Å². The molecule has 1 aliphatic heterocycles. The van der Waals surface area contributed by atoms with Crippen molar-refractivity contribution in [2.75, 3.05) is 18.0 Å². The van der Waals surface area contributed by atoms with Crippen molar-refractivity contribution in [2.45, 2.75) is 51.5 Å². The van der Waals surface area contributed by atoms with Crippen LogP contribution in [0.15, 0.2) is 12.4 Å². The van der Waals surface area contributed by atoms with Crippen LogP contribution in [0, 0.1) is 5.92 Å². The van der Waals surface area contributed by atoms with Crippen molar-refractivity contribution in [3.05, 3.63) is 18.1 Å². The minimum absolute atomic E-state index is 0.175. The van der Waals surface area contributed by atoms with Crippen LogP contribution < -0.4 is 10.2 Å². The Morgan fingerprint density at radius 1 is 1.29 bits per heavy atom. The molecule has 1 aliphatic carbocycles. The first-order valence-electron chi connectivity index (χ1n) is 8.12. The van der Waals surface area contributed by atoms with E-state index in [0.717, 1.165) is 56.7 Å². The lowest BCUT2D eigenvalue weighted by Crippen LogP contribution is -2.46. The maximum atomic E-state index is 12.2. The topological polar surface area (TPSA) is 58.1 Å². The molecule has 5 nitrogen and oxygen atoms in total. The Bertz CT molecular complexity index is 493. The van der Waals surface area contributed by atoms with Crippen LogP contribution in [0.3, 0.4) is 0 Å². The highest BCUT2D eigenvalue weighted by atomic mass is 16.1. The number of amides is 1. The molecule has 21 heavy (non-hydrogen) atoms. The Morgan fingerprint density at radius 2 is 2.05 bits per heavy atom. The van der Waals surface area contributed by atoms with Gasteiger partial charge in [-0.2, -0.15) is 0 Å². The molecule has 0 bridgehead atoms. The van der Waals surface area contributed by atoms with Crippen molar-refractivity contribution in [2.24, 2.45) is 5.92 Å². The summed E-state index contributed by atoms with van der Waals surface area (Å²) >= 11 is 0. The average molecular weight is 288 g/mol. The number of carbonyl (C=O) groups excluding carboxylic acids is 1. The first kappa shape index (κ1) is 14.3. The molecule has 1 aromatic heterocycles. The largest absolute Gasteiger partial charge is 0.356 e. The van der Waals surface area contributed by atoms with Crippen molar-refractivity contribution in [3.8, 4) is 0 Å². The number of nitrogens with zero attached hydrogens (tertiary/aromatic N) is 3. The Hall–Kier alpha value is -1.65. The van der Waals surface area contributed by atoms with Crippen LogP contribution in [0.2, 0.25) is 0 Å². The molecule has 1 N–H and O–H groups in total. The van der Waals surface area contributed by atoms with Crippen molar-refractivity contribution >= 4 is 11.7 Å². The molecule has 114 valence electrons. The molecule has 0 unspecified atom stereocenters. The lowest BCUT2D eigenvalue weighted by Gasteiger charge is -2.34. The SMILES string of the molecule is CCc1cc(N2CCC(C(=O)NC3CCC3)CC2)ncn1. The van der Waals surface area contributed by atoms with E-state index < -0.39 is 0 Å². The van der Waals surface area contributed by atoms with Gasteiger partial charge >= 0.3 is 0 Å². The van der Waals surface area contributed by atoms with E-state index in [1.807, 2.05) is 0 Å². The molecular weight excluding hydrogens is 264 g/mol. The number of rotatable bonds is 4. The fraction of sp³-hybridized carbons (Fsp3) is 0.688. The van der Waals surface area contributed by atoms with Crippen LogP contribution in [0.5, 0.6) is 0 Å². The van der Waals surface area contributed by atoms with Crippen molar-refractivity contribution in [1.82, 2.24) is 15.3 Å². The van der Waals surface area contributed by atoms with E-state index in [1.54, 1.807) is 6.33 Å². The highest BCUT2D eigenvalue weighted by Crippen LogP contribution is 2.24. The van der Waals surface area contributed by atoms with Crippen LogP contribution in [0.4, 0.5) is 5.82 Å². The Labute approximate surface area is 126 Å². The fourth-order valence-electron chi connectivity index (χ4n) is 2.99. The Kier molecular flexibility index (Phi) is 4.36. The third-order valence-electron chi connectivity index (χ3n) is 4.71. The number of hydrogen-bond acceptors (Lipinski definition) is 4. The van der Waals surface area contributed by atoms with Gasteiger partial charge in [0.1, 0.15) is 12.1 Å². The van der Waals surface area contributed by atoms with Crippen molar-refractivity contribution in [3.63, 3.8) is 0 Å². The molecule has 1 aromatic rings. The van der Waals surface area contributed by atoms with E-state index in [9.17, 15) is 4.79 Å². The first-order chi connectivity index (χ1) is 10.3. The third kappa shape index (κ3) is 3.34. The third-order valence-corrected chi connectivity index (χ3v) is 4.71. The Morgan fingerprint density at radius 3 is 2.67 bits per heavy atom. The molecule has 5 heteroatoms. The van der Waals surface area contributed by atoms with Gasteiger partial charge in [0, 0.05) is 36.8 Å². The molecule has 1 amide bonds. The van der Waals surface area contributed by atoms with E-state index in [2.05, 4.69) is 33.2 Å². The van der Waals surface area contributed by atoms with Gasteiger partial charge in [-0.15, -0.1) is 0 Å². The molecule has 2 heterocycles. The molecule has 3 rings (SSSR count). The predicted molar refractivity (Wildman–Crippen MR) is 82.1 cm³/mol. The van der Waals surface area contributed by atoms with Crippen LogP contribution >= 0.6 is 0 Å². The van der Waals surface area contributed by atoms with Crippen molar-refractivity contribution in [1.29, 1.82) is 0 Å². The molecule has 1 saturated heterocycles. The zero-order chi connectivity index (χ0) is 14.7. The predicted octanol–water partition coefficient (Wildman–Crippen LogP) is 1.92. The van der Waals surface area contributed by atoms with E-state index >= 15 is 0 Å². The number of carbonyl (C=O) groups is 1. The molecule has 2 aliphatic rings. The number of piperidine rings is 1. The first-order valence-corrected chi connectivity index (χ1v) is 8.12. The molecular formula is C16H24N4O. The van der Waals surface area contributed by atoms with E-state index in [1.165, 1.54) is 6.42 Å². The van der Waals surface area contributed by atoms with Crippen LogP contribution in [-0.4, -0.2) is 35.0 Å². The maximum absolute atomic E-state index is 12.2. The van der Waals surface area contributed by atoms with Gasteiger partial charge in [-0.05, 0) is 38.5 Å². The van der Waals surface area contributed by atoms with Crippen LogP contribution in [0.25, 0.3) is 0 Å². The zero-order valence-electron chi connectivity index (χ0n) is 12.7. The summed E-state index contributed by atoms with van der Waals surface area (Å²) < 4.78 is 0. The van der Waals surface area contributed by atoms with Crippen LogP contribution in [0.1, 0.15) is 44.7 Å². The zero-order valence-corrected chi connectivity index (χ0v) is 12.7. The van der Waals surface area contributed by atoms with Gasteiger partial charge in [-0.25, -0.2) is 9.97 Å². The van der Waals surface area contributed by atoms with E-state index in [0.29, 0.717) is 6.04 Å². The Balaban J connectivity index is 1.53. The molecule has 0 radical (unpaired) electrons. The second-order valence-electron chi connectivity index (χ2n) is 6.12. The minimum atomic E-state index is 0.175. The molecule has 0 spiro atoms. The summed E-state index contributed by atoms with van der Waals surface area (Å²) in [4.78, 5) is 23.1. The summed E-state index contributed by atoms with van der Waals surface area (Å²) in [5, 5.41) is 3.18. The molecule has 2 fully saturated rings. The maximum Gasteiger partial charge on any atom is 0.223 e. The number of anilines is 1. The number of aryl methyl sites for hydroxylation is 1. The quantitative estimate of drug-likeness (QED) is 0.919. The second kappa shape index (κ2) is 6.41. The summed E-state index contributed by atoms with van der Waals surface area (Å²) in [5.74, 6) is 1.44. The number of nitrogens with one attached hydrogen (secondary N) is 1. The molecule has 1 saturated carbocycles. The normalized spacial score (nSPS) is 20.1. The van der Waals surface area contributed by atoms with Crippen molar-refractivity contribution < 1.29 is 4.79 Å². The van der Waals surface area contributed by atoms with Gasteiger partial charge in [0.05, 0.1) is 0 Å². The fourth-order valence-corrected chi connectivity index (χ4v) is 2.99. The lowest BCUT2D eigenvalue weighted by molar-refractivity contribution is -0.126.